The Morgan fingerprint density at radius 2 is 1.95 bits per heavy atom. The first-order valence-electron chi connectivity index (χ1n) is 6.64. The second-order valence-corrected chi connectivity index (χ2v) is 4.70. The average Bonchev–Trinajstić information content (AvgIpc) is 2.36. The highest BCUT2D eigenvalue weighted by atomic mass is 16.5. The Morgan fingerprint density at radius 1 is 1.35 bits per heavy atom. The molecule has 0 aromatic rings. The van der Waals surface area contributed by atoms with Crippen molar-refractivity contribution in [2.45, 2.75) is 38.7 Å². The number of hydrogen-bond donors (Lipinski definition) is 1. The van der Waals surface area contributed by atoms with Crippen LogP contribution in [-0.2, 0) is 23.9 Å². The van der Waals surface area contributed by atoms with E-state index in [0.717, 1.165) is 0 Å². The molecule has 6 heteroatoms. The van der Waals surface area contributed by atoms with Crippen molar-refractivity contribution in [1.29, 1.82) is 0 Å². The number of hydrogen-bond acceptors (Lipinski definition) is 6. The number of carbonyl (C=O) groups is 3. The Kier molecular flexibility index (Phi) is 5.44. The van der Waals surface area contributed by atoms with Crippen molar-refractivity contribution >= 4 is 17.7 Å². The highest BCUT2D eigenvalue weighted by Gasteiger charge is 2.46. The summed E-state index contributed by atoms with van der Waals surface area (Å²) in [7, 11) is 0. The fraction of sp³-hybridized carbons (Fsp3) is 0.643. The SMILES string of the molecule is C=C1C(=O)C(C(=O)OCC)CCC1(O)CC(=O)OCC. The number of carbonyl (C=O) groups excluding carboxylic acids is 3. The standard InChI is InChI=1S/C14H20O6/c1-4-19-11(15)8-14(18)7-6-10(12(16)9(14)3)13(17)20-5-2/h10,18H,3-8H2,1-2H3. The zero-order chi connectivity index (χ0) is 15.3. The fourth-order valence-corrected chi connectivity index (χ4v) is 2.22. The predicted octanol–water partition coefficient (Wildman–Crippen LogP) is 0.769. The van der Waals surface area contributed by atoms with Gasteiger partial charge in [0, 0.05) is 5.57 Å². The molecule has 0 spiro atoms. The minimum Gasteiger partial charge on any atom is -0.466 e. The molecule has 0 aromatic carbocycles. The molecule has 20 heavy (non-hydrogen) atoms. The molecule has 1 rings (SSSR count). The van der Waals surface area contributed by atoms with Crippen LogP contribution in [0, 0.1) is 5.92 Å². The second kappa shape index (κ2) is 6.65. The molecule has 6 nitrogen and oxygen atoms in total. The lowest BCUT2D eigenvalue weighted by atomic mass is 9.73. The van der Waals surface area contributed by atoms with E-state index < -0.39 is 29.2 Å². The molecule has 0 heterocycles. The lowest BCUT2D eigenvalue weighted by Gasteiger charge is -2.35. The molecule has 112 valence electrons. The number of ether oxygens (including phenoxy) is 2. The monoisotopic (exact) mass is 284 g/mol. The molecule has 0 bridgehead atoms. The van der Waals surface area contributed by atoms with Crippen LogP contribution in [0.5, 0.6) is 0 Å². The van der Waals surface area contributed by atoms with Crippen LogP contribution in [0.2, 0.25) is 0 Å². The number of ketones is 1. The van der Waals surface area contributed by atoms with Gasteiger partial charge in [0.15, 0.2) is 5.78 Å². The number of rotatable bonds is 5. The van der Waals surface area contributed by atoms with Crippen LogP contribution in [-0.4, -0.2) is 41.6 Å². The highest BCUT2D eigenvalue weighted by Crippen LogP contribution is 2.36. The van der Waals surface area contributed by atoms with Gasteiger partial charge < -0.3 is 14.6 Å². The molecule has 2 atom stereocenters. The second-order valence-electron chi connectivity index (χ2n) is 4.70. The van der Waals surface area contributed by atoms with E-state index in [4.69, 9.17) is 9.47 Å². The summed E-state index contributed by atoms with van der Waals surface area (Å²) < 4.78 is 9.58. The number of esters is 2. The summed E-state index contributed by atoms with van der Waals surface area (Å²) in [5.74, 6) is -2.72. The smallest absolute Gasteiger partial charge is 0.316 e. The summed E-state index contributed by atoms with van der Waals surface area (Å²) in [5.41, 5.74) is -1.76. The van der Waals surface area contributed by atoms with Crippen LogP contribution in [0.3, 0.4) is 0 Å². The van der Waals surface area contributed by atoms with E-state index in [1.807, 2.05) is 0 Å². The van der Waals surface area contributed by atoms with Gasteiger partial charge in [0.1, 0.15) is 11.5 Å². The van der Waals surface area contributed by atoms with Gasteiger partial charge in [0.2, 0.25) is 0 Å². The van der Waals surface area contributed by atoms with Gasteiger partial charge in [-0.25, -0.2) is 0 Å². The minimum absolute atomic E-state index is 0.0971. The van der Waals surface area contributed by atoms with Crippen molar-refractivity contribution < 1.29 is 29.0 Å². The van der Waals surface area contributed by atoms with Crippen LogP contribution in [0.15, 0.2) is 12.2 Å². The predicted molar refractivity (Wildman–Crippen MR) is 69.7 cm³/mol. The van der Waals surface area contributed by atoms with Crippen molar-refractivity contribution in [3.63, 3.8) is 0 Å². The van der Waals surface area contributed by atoms with Crippen LogP contribution >= 0.6 is 0 Å². The molecule has 0 aromatic heterocycles. The van der Waals surface area contributed by atoms with Gasteiger partial charge >= 0.3 is 11.9 Å². The Labute approximate surface area is 117 Å². The molecule has 1 aliphatic carbocycles. The number of aliphatic hydroxyl groups is 1. The molecule has 0 radical (unpaired) electrons. The summed E-state index contributed by atoms with van der Waals surface area (Å²) in [6.07, 6.45) is -0.104. The van der Waals surface area contributed by atoms with Gasteiger partial charge in [-0.1, -0.05) is 6.58 Å². The third kappa shape index (κ3) is 3.45. The molecular formula is C14H20O6. The lowest BCUT2D eigenvalue weighted by Crippen LogP contribution is -2.46. The van der Waals surface area contributed by atoms with E-state index >= 15 is 0 Å². The maximum absolute atomic E-state index is 12.1. The lowest BCUT2D eigenvalue weighted by molar-refractivity contribution is -0.154. The zero-order valence-electron chi connectivity index (χ0n) is 11.8. The van der Waals surface area contributed by atoms with Gasteiger partial charge in [-0.2, -0.15) is 0 Å². The molecule has 0 saturated heterocycles. The van der Waals surface area contributed by atoms with Crippen LogP contribution in [0.4, 0.5) is 0 Å². The van der Waals surface area contributed by atoms with Crippen molar-refractivity contribution in [2.75, 3.05) is 13.2 Å². The summed E-state index contributed by atoms with van der Waals surface area (Å²) in [4.78, 5) is 35.2. The molecule has 1 saturated carbocycles. The van der Waals surface area contributed by atoms with Gasteiger partial charge in [-0.05, 0) is 26.7 Å². The topological polar surface area (TPSA) is 89.9 Å². The number of Topliss-reactive ketones (excluding diaryl/α,β-unsaturated/α-hetero) is 1. The largest absolute Gasteiger partial charge is 0.466 e. The van der Waals surface area contributed by atoms with E-state index in [-0.39, 0.29) is 38.0 Å². The van der Waals surface area contributed by atoms with E-state index in [9.17, 15) is 19.5 Å². The highest BCUT2D eigenvalue weighted by molar-refractivity contribution is 6.10. The quantitative estimate of drug-likeness (QED) is 0.455. The van der Waals surface area contributed by atoms with Crippen molar-refractivity contribution in [3.8, 4) is 0 Å². The first kappa shape index (κ1) is 16.4. The molecule has 0 amide bonds. The Hall–Kier alpha value is -1.69. The first-order chi connectivity index (χ1) is 9.35. The van der Waals surface area contributed by atoms with Gasteiger partial charge in [0.25, 0.3) is 0 Å². The summed E-state index contributed by atoms with van der Waals surface area (Å²) >= 11 is 0. The van der Waals surface area contributed by atoms with E-state index in [1.54, 1.807) is 13.8 Å². The fourth-order valence-electron chi connectivity index (χ4n) is 2.22. The van der Waals surface area contributed by atoms with E-state index in [2.05, 4.69) is 6.58 Å². The first-order valence-corrected chi connectivity index (χ1v) is 6.64. The maximum Gasteiger partial charge on any atom is 0.316 e. The molecule has 1 fully saturated rings. The molecular weight excluding hydrogens is 264 g/mol. The van der Waals surface area contributed by atoms with Crippen LogP contribution in [0.1, 0.15) is 33.1 Å². The van der Waals surface area contributed by atoms with Crippen LogP contribution < -0.4 is 0 Å². The molecule has 2 unspecified atom stereocenters. The third-order valence-corrected chi connectivity index (χ3v) is 3.34. The zero-order valence-corrected chi connectivity index (χ0v) is 11.8. The van der Waals surface area contributed by atoms with Crippen molar-refractivity contribution in [3.05, 3.63) is 12.2 Å². The van der Waals surface area contributed by atoms with Gasteiger partial charge in [-0.15, -0.1) is 0 Å². The Morgan fingerprint density at radius 3 is 2.50 bits per heavy atom. The normalized spacial score (nSPS) is 26.2. The average molecular weight is 284 g/mol. The summed E-state index contributed by atoms with van der Waals surface area (Å²) in [5, 5.41) is 10.4. The van der Waals surface area contributed by atoms with Gasteiger partial charge in [-0.3, -0.25) is 14.4 Å². The summed E-state index contributed by atoms with van der Waals surface area (Å²) in [6, 6.07) is 0. The minimum atomic E-state index is -1.63. The Balaban J connectivity index is 2.78. The van der Waals surface area contributed by atoms with Crippen molar-refractivity contribution in [1.82, 2.24) is 0 Å². The molecule has 0 aliphatic heterocycles. The Bertz CT molecular complexity index is 427. The maximum atomic E-state index is 12.1. The molecule has 1 N–H and O–H groups in total. The van der Waals surface area contributed by atoms with E-state index in [0.29, 0.717) is 0 Å². The third-order valence-electron chi connectivity index (χ3n) is 3.34. The van der Waals surface area contributed by atoms with Gasteiger partial charge in [0.05, 0.1) is 19.6 Å². The van der Waals surface area contributed by atoms with Crippen molar-refractivity contribution in [2.24, 2.45) is 5.92 Å². The van der Waals surface area contributed by atoms with E-state index in [1.165, 1.54) is 0 Å². The molecule has 1 aliphatic rings. The van der Waals surface area contributed by atoms with Crippen LogP contribution in [0.25, 0.3) is 0 Å². The summed E-state index contributed by atoms with van der Waals surface area (Å²) in [6.45, 7) is 7.22.